The smallest absolute Gasteiger partial charge is 0.339 e. The first-order valence-corrected chi connectivity index (χ1v) is 8.95. The summed E-state index contributed by atoms with van der Waals surface area (Å²) in [5.74, 6) is -1.68. The number of carbonyl (C=O) groups is 2. The molecule has 0 aromatic heterocycles. The SMILES string of the molecule is O=C(CNC(=O)N1CCc2ccccc2C1)NC(c1ccc(F)cc1)C(F)(F)F. The van der Waals surface area contributed by atoms with E-state index in [1.54, 1.807) is 0 Å². The van der Waals surface area contributed by atoms with Crippen LogP contribution in [-0.2, 0) is 17.8 Å². The van der Waals surface area contributed by atoms with Crippen molar-refractivity contribution in [2.45, 2.75) is 25.2 Å². The molecular weight excluding hydrogens is 390 g/mol. The van der Waals surface area contributed by atoms with E-state index in [2.05, 4.69) is 5.32 Å². The van der Waals surface area contributed by atoms with Crippen LogP contribution >= 0.6 is 0 Å². The number of carbonyl (C=O) groups excluding carboxylic acids is 2. The van der Waals surface area contributed by atoms with Crippen LogP contribution in [0.1, 0.15) is 22.7 Å². The summed E-state index contributed by atoms with van der Waals surface area (Å²) in [7, 11) is 0. The van der Waals surface area contributed by atoms with Gasteiger partial charge in [-0.1, -0.05) is 36.4 Å². The Balaban J connectivity index is 1.57. The van der Waals surface area contributed by atoms with Gasteiger partial charge in [0.25, 0.3) is 0 Å². The van der Waals surface area contributed by atoms with Crippen LogP contribution in [0.5, 0.6) is 0 Å². The van der Waals surface area contributed by atoms with Crippen LogP contribution in [-0.4, -0.2) is 36.1 Å². The molecule has 2 N–H and O–H groups in total. The number of benzene rings is 2. The molecule has 1 atom stereocenters. The van der Waals surface area contributed by atoms with Crippen LogP contribution < -0.4 is 10.6 Å². The summed E-state index contributed by atoms with van der Waals surface area (Å²) < 4.78 is 52.8. The van der Waals surface area contributed by atoms with E-state index in [0.29, 0.717) is 19.5 Å². The average molecular weight is 409 g/mol. The van der Waals surface area contributed by atoms with Crippen molar-refractivity contribution in [1.29, 1.82) is 0 Å². The molecule has 1 aliphatic heterocycles. The van der Waals surface area contributed by atoms with Crippen molar-refractivity contribution in [1.82, 2.24) is 15.5 Å². The van der Waals surface area contributed by atoms with E-state index in [0.717, 1.165) is 35.4 Å². The third kappa shape index (κ3) is 5.24. The fourth-order valence-corrected chi connectivity index (χ4v) is 3.16. The molecule has 0 fully saturated rings. The lowest BCUT2D eigenvalue weighted by Gasteiger charge is -2.29. The van der Waals surface area contributed by atoms with Gasteiger partial charge in [-0.05, 0) is 35.2 Å². The maximum Gasteiger partial charge on any atom is 0.412 e. The molecule has 2 aromatic rings. The topological polar surface area (TPSA) is 61.4 Å². The number of hydrogen-bond donors (Lipinski definition) is 2. The molecule has 0 bridgehead atoms. The monoisotopic (exact) mass is 409 g/mol. The molecule has 3 amide bonds. The van der Waals surface area contributed by atoms with E-state index in [1.165, 1.54) is 4.90 Å². The summed E-state index contributed by atoms with van der Waals surface area (Å²) in [5.41, 5.74) is 1.83. The van der Waals surface area contributed by atoms with E-state index in [9.17, 15) is 27.2 Å². The van der Waals surface area contributed by atoms with Crippen molar-refractivity contribution in [2.75, 3.05) is 13.1 Å². The van der Waals surface area contributed by atoms with Crippen molar-refractivity contribution in [3.63, 3.8) is 0 Å². The highest BCUT2D eigenvalue weighted by molar-refractivity contribution is 5.84. The first kappa shape index (κ1) is 20.6. The predicted molar refractivity (Wildman–Crippen MR) is 97.3 cm³/mol. The van der Waals surface area contributed by atoms with E-state index in [-0.39, 0.29) is 5.56 Å². The Bertz CT molecular complexity index is 884. The Morgan fingerprint density at radius 3 is 2.34 bits per heavy atom. The Morgan fingerprint density at radius 2 is 1.69 bits per heavy atom. The van der Waals surface area contributed by atoms with Gasteiger partial charge >= 0.3 is 12.2 Å². The minimum absolute atomic E-state index is 0.300. The average Bonchev–Trinajstić information content (AvgIpc) is 2.70. The first-order valence-electron chi connectivity index (χ1n) is 8.95. The highest BCUT2D eigenvalue weighted by Gasteiger charge is 2.41. The molecule has 1 aliphatic rings. The number of urea groups is 1. The van der Waals surface area contributed by atoms with Crippen LogP contribution in [0, 0.1) is 5.82 Å². The lowest BCUT2D eigenvalue weighted by Crippen LogP contribution is -2.47. The fraction of sp³-hybridized carbons (Fsp3) is 0.300. The molecule has 2 aromatic carbocycles. The molecule has 0 radical (unpaired) electrons. The summed E-state index contributed by atoms with van der Waals surface area (Å²) in [6, 6.07) is 8.51. The van der Waals surface area contributed by atoms with Crippen LogP contribution in [0.3, 0.4) is 0 Å². The van der Waals surface area contributed by atoms with E-state index < -0.39 is 36.5 Å². The normalized spacial score (nSPS) is 14.7. The van der Waals surface area contributed by atoms with Crippen molar-refractivity contribution >= 4 is 11.9 Å². The Labute approximate surface area is 164 Å². The van der Waals surface area contributed by atoms with Gasteiger partial charge < -0.3 is 15.5 Å². The number of rotatable bonds is 4. The fourth-order valence-electron chi connectivity index (χ4n) is 3.16. The summed E-state index contributed by atoms with van der Waals surface area (Å²) >= 11 is 0. The Hall–Kier alpha value is -3.10. The molecule has 5 nitrogen and oxygen atoms in total. The molecule has 0 saturated heterocycles. The maximum atomic E-state index is 13.3. The van der Waals surface area contributed by atoms with Gasteiger partial charge in [0, 0.05) is 13.1 Å². The number of amides is 3. The summed E-state index contributed by atoms with van der Waals surface area (Å²) in [6.07, 6.45) is -4.11. The maximum absolute atomic E-state index is 13.3. The number of hydrogen-bond acceptors (Lipinski definition) is 2. The standard InChI is InChI=1S/C20H19F4N3O2/c21-16-7-5-14(6-8-16)18(20(22,23)24)26-17(28)11-25-19(29)27-10-9-13-3-1-2-4-15(13)12-27/h1-8,18H,9-12H2,(H,25,29)(H,26,28). The summed E-state index contributed by atoms with van der Waals surface area (Å²) in [5, 5.41) is 4.19. The van der Waals surface area contributed by atoms with Crippen LogP contribution in [0.15, 0.2) is 48.5 Å². The Kier molecular flexibility index (Phi) is 6.05. The van der Waals surface area contributed by atoms with Gasteiger partial charge in [0.1, 0.15) is 5.82 Å². The number of fused-ring (bicyclic) bond motifs is 1. The molecule has 0 spiro atoms. The minimum Gasteiger partial charge on any atom is -0.339 e. The largest absolute Gasteiger partial charge is 0.412 e. The molecule has 9 heteroatoms. The number of nitrogens with zero attached hydrogens (tertiary/aromatic N) is 1. The van der Waals surface area contributed by atoms with Gasteiger partial charge in [-0.25, -0.2) is 9.18 Å². The third-order valence-corrected chi connectivity index (χ3v) is 4.65. The molecule has 3 rings (SSSR count). The van der Waals surface area contributed by atoms with Crippen molar-refractivity contribution < 1.29 is 27.2 Å². The second kappa shape index (κ2) is 8.50. The van der Waals surface area contributed by atoms with E-state index >= 15 is 0 Å². The lowest BCUT2D eigenvalue weighted by molar-refractivity contribution is -0.163. The van der Waals surface area contributed by atoms with Crippen LogP contribution in [0.4, 0.5) is 22.4 Å². The summed E-state index contributed by atoms with van der Waals surface area (Å²) in [6.45, 7) is 0.209. The molecule has 1 unspecified atom stereocenters. The zero-order valence-electron chi connectivity index (χ0n) is 15.3. The molecule has 1 heterocycles. The van der Waals surface area contributed by atoms with Gasteiger partial charge in [-0.2, -0.15) is 13.2 Å². The number of alkyl halides is 3. The zero-order chi connectivity index (χ0) is 21.0. The van der Waals surface area contributed by atoms with Gasteiger partial charge in [-0.3, -0.25) is 4.79 Å². The van der Waals surface area contributed by atoms with Gasteiger partial charge in [-0.15, -0.1) is 0 Å². The van der Waals surface area contributed by atoms with Crippen molar-refractivity contribution in [3.05, 3.63) is 71.0 Å². The Morgan fingerprint density at radius 1 is 1.03 bits per heavy atom. The third-order valence-electron chi connectivity index (χ3n) is 4.65. The summed E-state index contributed by atoms with van der Waals surface area (Å²) in [4.78, 5) is 25.8. The predicted octanol–water partition coefficient (Wildman–Crippen LogP) is 3.31. The molecule has 29 heavy (non-hydrogen) atoms. The van der Waals surface area contributed by atoms with E-state index in [4.69, 9.17) is 0 Å². The molecular formula is C20H19F4N3O2. The zero-order valence-corrected chi connectivity index (χ0v) is 15.3. The number of nitrogens with one attached hydrogen (secondary N) is 2. The van der Waals surface area contributed by atoms with Gasteiger partial charge in [0.2, 0.25) is 5.91 Å². The highest BCUT2D eigenvalue weighted by atomic mass is 19.4. The number of halogens is 4. The van der Waals surface area contributed by atoms with Crippen molar-refractivity contribution in [3.8, 4) is 0 Å². The first-order chi connectivity index (χ1) is 13.7. The molecule has 0 aliphatic carbocycles. The second-order valence-electron chi connectivity index (χ2n) is 6.69. The molecule has 0 saturated carbocycles. The molecule has 154 valence electrons. The minimum atomic E-state index is -4.77. The van der Waals surface area contributed by atoms with Crippen molar-refractivity contribution in [2.24, 2.45) is 0 Å². The lowest BCUT2D eigenvalue weighted by atomic mass is 10.0. The van der Waals surface area contributed by atoms with Crippen LogP contribution in [0.2, 0.25) is 0 Å². The quantitative estimate of drug-likeness (QED) is 0.762. The van der Waals surface area contributed by atoms with Gasteiger partial charge in [0.15, 0.2) is 6.04 Å². The van der Waals surface area contributed by atoms with Crippen LogP contribution in [0.25, 0.3) is 0 Å². The second-order valence-corrected chi connectivity index (χ2v) is 6.69. The highest BCUT2D eigenvalue weighted by Crippen LogP contribution is 2.32. The van der Waals surface area contributed by atoms with Gasteiger partial charge in [0.05, 0.1) is 6.54 Å². The van der Waals surface area contributed by atoms with E-state index in [1.807, 2.05) is 29.6 Å².